The quantitative estimate of drug-likeness (QED) is 0.661. The van der Waals surface area contributed by atoms with Crippen molar-refractivity contribution in [3.63, 3.8) is 0 Å². The van der Waals surface area contributed by atoms with Crippen LogP contribution in [0, 0.1) is 0 Å². The molecule has 1 atom stereocenters. The van der Waals surface area contributed by atoms with Crippen LogP contribution in [0.2, 0.25) is 0 Å². The highest BCUT2D eigenvalue weighted by molar-refractivity contribution is 5.94. The standard InChI is InChI=1S/C13H18N2O5/c1-9(10-5-4-8-20-10)14-13(19)15-11(16)6-2-3-7-12(17)18/h4-5,8-9H,2-3,6-7H2,1H3,(H,17,18)(H2,14,15,16,19). The number of carboxylic acid groups (broad SMARTS) is 1. The van der Waals surface area contributed by atoms with E-state index in [1.54, 1.807) is 19.1 Å². The summed E-state index contributed by atoms with van der Waals surface area (Å²) in [6.07, 6.45) is 2.48. The summed E-state index contributed by atoms with van der Waals surface area (Å²) in [5.41, 5.74) is 0. The second-order valence-corrected chi connectivity index (χ2v) is 4.36. The molecule has 0 saturated heterocycles. The van der Waals surface area contributed by atoms with Crippen LogP contribution in [0.1, 0.15) is 44.4 Å². The van der Waals surface area contributed by atoms with Gasteiger partial charge < -0.3 is 14.8 Å². The molecule has 0 fully saturated rings. The van der Waals surface area contributed by atoms with Gasteiger partial charge in [0.1, 0.15) is 5.76 Å². The van der Waals surface area contributed by atoms with E-state index in [0.29, 0.717) is 18.6 Å². The van der Waals surface area contributed by atoms with E-state index >= 15 is 0 Å². The molecule has 20 heavy (non-hydrogen) atoms. The number of urea groups is 1. The van der Waals surface area contributed by atoms with Crippen LogP contribution in [0.15, 0.2) is 22.8 Å². The van der Waals surface area contributed by atoms with Crippen molar-refractivity contribution in [2.24, 2.45) is 0 Å². The molecule has 1 heterocycles. The minimum atomic E-state index is -0.893. The maximum absolute atomic E-state index is 11.5. The molecular weight excluding hydrogens is 264 g/mol. The van der Waals surface area contributed by atoms with Gasteiger partial charge in [0.2, 0.25) is 5.91 Å². The Kier molecular flexibility index (Phi) is 6.28. The molecular formula is C13H18N2O5. The maximum atomic E-state index is 11.5. The Morgan fingerprint density at radius 3 is 2.60 bits per heavy atom. The van der Waals surface area contributed by atoms with Gasteiger partial charge in [0.25, 0.3) is 0 Å². The highest BCUT2D eigenvalue weighted by Gasteiger charge is 2.13. The van der Waals surface area contributed by atoms with Gasteiger partial charge in [0.05, 0.1) is 12.3 Å². The van der Waals surface area contributed by atoms with Gasteiger partial charge in [-0.25, -0.2) is 4.79 Å². The number of hydrogen-bond acceptors (Lipinski definition) is 4. The van der Waals surface area contributed by atoms with E-state index in [0.717, 1.165) is 0 Å². The predicted octanol–water partition coefficient (Wildman–Crippen LogP) is 1.81. The Balaban J connectivity index is 2.21. The van der Waals surface area contributed by atoms with Crippen molar-refractivity contribution in [3.8, 4) is 0 Å². The van der Waals surface area contributed by atoms with Gasteiger partial charge in [-0.15, -0.1) is 0 Å². The molecule has 0 aliphatic rings. The molecule has 0 aromatic carbocycles. The number of rotatable bonds is 7. The molecule has 0 saturated carbocycles. The first-order chi connectivity index (χ1) is 9.49. The van der Waals surface area contributed by atoms with Crippen molar-refractivity contribution >= 4 is 17.9 Å². The van der Waals surface area contributed by atoms with E-state index in [9.17, 15) is 14.4 Å². The predicted molar refractivity (Wildman–Crippen MR) is 69.9 cm³/mol. The van der Waals surface area contributed by atoms with E-state index < -0.39 is 17.9 Å². The Morgan fingerprint density at radius 1 is 1.30 bits per heavy atom. The summed E-state index contributed by atoms with van der Waals surface area (Å²) in [6, 6.07) is 2.49. The summed E-state index contributed by atoms with van der Waals surface area (Å²) < 4.78 is 5.12. The summed E-state index contributed by atoms with van der Waals surface area (Å²) in [5, 5.41) is 13.2. The number of imide groups is 1. The average Bonchev–Trinajstić information content (AvgIpc) is 2.88. The van der Waals surface area contributed by atoms with Crippen molar-refractivity contribution in [1.29, 1.82) is 0 Å². The first-order valence-electron chi connectivity index (χ1n) is 6.34. The maximum Gasteiger partial charge on any atom is 0.322 e. The largest absolute Gasteiger partial charge is 0.481 e. The molecule has 7 nitrogen and oxygen atoms in total. The number of aliphatic carboxylic acids is 1. The van der Waals surface area contributed by atoms with Crippen LogP contribution in [0.5, 0.6) is 0 Å². The number of carboxylic acids is 1. The summed E-state index contributed by atoms with van der Waals surface area (Å²) in [7, 11) is 0. The normalized spacial score (nSPS) is 11.7. The summed E-state index contributed by atoms with van der Waals surface area (Å²) in [5.74, 6) is -0.732. The number of carbonyl (C=O) groups is 3. The third-order valence-electron chi connectivity index (χ3n) is 2.61. The molecule has 1 aromatic rings. The molecule has 7 heteroatoms. The van der Waals surface area contributed by atoms with E-state index in [-0.39, 0.29) is 18.9 Å². The Bertz CT molecular complexity index is 455. The molecule has 3 N–H and O–H groups in total. The molecule has 0 bridgehead atoms. The number of unbranched alkanes of at least 4 members (excludes halogenated alkanes) is 1. The van der Waals surface area contributed by atoms with Crippen molar-refractivity contribution in [1.82, 2.24) is 10.6 Å². The van der Waals surface area contributed by atoms with Gasteiger partial charge in [-0.1, -0.05) is 0 Å². The molecule has 1 rings (SSSR count). The van der Waals surface area contributed by atoms with Crippen LogP contribution in [-0.4, -0.2) is 23.0 Å². The number of nitrogens with one attached hydrogen (secondary N) is 2. The fourth-order valence-corrected chi connectivity index (χ4v) is 1.59. The first kappa shape index (κ1) is 15.7. The van der Waals surface area contributed by atoms with Crippen LogP contribution in [0.4, 0.5) is 4.79 Å². The molecule has 3 amide bonds. The highest BCUT2D eigenvalue weighted by Crippen LogP contribution is 2.11. The molecule has 0 radical (unpaired) electrons. The smallest absolute Gasteiger partial charge is 0.322 e. The summed E-state index contributed by atoms with van der Waals surface area (Å²) in [4.78, 5) is 33.2. The second-order valence-electron chi connectivity index (χ2n) is 4.36. The minimum Gasteiger partial charge on any atom is -0.481 e. The Morgan fingerprint density at radius 2 is 2.00 bits per heavy atom. The fraction of sp³-hybridized carbons (Fsp3) is 0.462. The van der Waals surface area contributed by atoms with Gasteiger partial charge in [-0.2, -0.15) is 0 Å². The first-order valence-corrected chi connectivity index (χ1v) is 6.34. The molecule has 0 aliphatic carbocycles. The van der Waals surface area contributed by atoms with Crippen LogP contribution in [-0.2, 0) is 9.59 Å². The molecule has 1 aromatic heterocycles. The average molecular weight is 282 g/mol. The van der Waals surface area contributed by atoms with E-state index in [4.69, 9.17) is 9.52 Å². The lowest BCUT2D eigenvalue weighted by atomic mass is 10.2. The lowest BCUT2D eigenvalue weighted by Gasteiger charge is -2.11. The SMILES string of the molecule is CC(NC(=O)NC(=O)CCCCC(=O)O)c1ccco1. The second kappa shape index (κ2) is 7.98. The Hall–Kier alpha value is -2.31. The molecule has 0 aliphatic heterocycles. The van der Waals surface area contributed by atoms with Gasteiger partial charge in [-0.3, -0.25) is 14.9 Å². The number of hydrogen-bond donors (Lipinski definition) is 3. The fourth-order valence-electron chi connectivity index (χ4n) is 1.59. The van der Waals surface area contributed by atoms with Crippen molar-refractivity contribution in [2.45, 2.75) is 38.6 Å². The monoisotopic (exact) mass is 282 g/mol. The van der Waals surface area contributed by atoms with Crippen LogP contribution < -0.4 is 10.6 Å². The zero-order chi connectivity index (χ0) is 15.0. The number of furan rings is 1. The third-order valence-corrected chi connectivity index (χ3v) is 2.61. The summed E-state index contributed by atoms with van der Waals surface area (Å²) in [6.45, 7) is 1.73. The van der Waals surface area contributed by atoms with Crippen LogP contribution >= 0.6 is 0 Å². The van der Waals surface area contributed by atoms with Gasteiger partial charge in [0.15, 0.2) is 0 Å². The van der Waals surface area contributed by atoms with Crippen LogP contribution in [0.3, 0.4) is 0 Å². The van der Waals surface area contributed by atoms with E-state index in [2.05, 4.69) is 10.6 Å². The summed E-state index contributed by atoms with van der Waals surface area (Å²) >= 11 is 0. The van der Waals surface area contributed by atoms with Crippen molar-refractivity contribution in [2.75, 3.05) is 0 Å². The number of amides is 3. The topological polar surface area (TPSA) is 109 Å². The zero-order valence-electron chi connectivity index (χ0n) is 11.2. The van der Waals surface area contributed by atoms with Crippen LogP contribution in [0.25, 0.3) is 0 Å². The number of carbonyl (C=O) groups excluding carboxylic acids is 2. The lowest BCUT2D eigenvalue weighted by Crippen LogP contribution is -2.40. The highest BCUT2D eigenvalue weighted by atomic mass is 16.4. The van der Waals surface area contributed by atoms with E-state index in [1.807, 2.05) is 0 Å². The molecule has 0 spiro atoms. The van der Waals surface area contributed by atoms with Gasteiger partial charge in [0, 0.05) is 12.8 Å². The zero-order valence-corrected chi connectivity index (χ0v) is 11.2. The molecule has 1 unspecified atom stereocenters. The Labute approximate surface area is 116 Å². The third kappa shape index (κ3) is 6.03. The minimum absolute atomic E-state index is 0.0228. The van der Waals surface area contributed by atoms with E-state index in [1.165, 1.54) is 6.26 Å². The van der Waals surface area contributed by atoms with Gasteiger partial charge >= 0.3 is 12.0 Å². The van der Waals surface area contributed by atoms with Crippen molar-refractivity contribution in [3.05, 3.63) is 24.2 Å². The lowest BCUT2D eigenvalue weighted by molar-refractivity contribution is -0.137. The molecule has 110 valence electrons. The van der Waals surface area contributed by atoms with Crippen molar-refractivity contribution < 1.29 is 23.9 Å². The van der Waals surface area contributed by atoms with Gasteiger partial charge in [-0.05, 0) is 31.9 Å².